The van der Waals surface area contributed by atoms with Crippen LogP contribution in [0.1, 0.15) is 57.6 Å². The second kappa shape index (κ2) is 8.03. The maximum atomic E-state index is 12.3. The first kappa shape index (κ1) is 19.3. The first-order valence-electron chi connectivity index (χ1n) is 9.72. The standard InChI is InChI=1S/C23H29NO3/c1-16-7-13-21(14-8-16)27-22(26)24-19-6-4-5-18(15-19)23(2,3)17-9-11-20(25)12-10-17/h4-6,9-12,15-16,21,25H,7-8,13-14H2,1-3H3,(H,24,26). The number of amides is 1. The van der Waals surface area contributed by atoms with Gasteiger partial charge in [0.15, 0.2) is 0 Å². The van der Waals surface area contributed by atoms with Gasteiger partial charge in [-0.2, -0.15) is 0 Å². The van der Waals surface area contributed by atoms with E-state index in [2.05, 4.69) is 26.1 Å². The third-order valence-corrected chi connectivity index (χ3v) is 5.66. The smallest absolute Gasteiger partial charge is 0.411 e. The molecular weight excluding hydrogens is 338 g/mol. The fourth-order valence-electron chi connectivity index (χ4n) is 3.68. The highest BCUT2D eigenvalue weighted by Crippen LogP contribution is 2.33. The fourth-order valence-corrected chi connectivity index (χ4v) is 3.68. The Kier molecular flexibility index (Phi) is 5.73. The minimum absolute atomic E-state index is 0.0258. The molecule has 0 spiro atoms. The molecule has 0 unspecified atom stereocenters. The van der Waals surface area contributed by atoms with Gasteiger partial charge in [-0.05, 0) is 67.0 Å². The van der Waals surface area contributed by atoms with Gasteiger partial charge in [0, 0.05) is 11.1 Å². The van der Waals surface area contributed by atoms with Gasteiger partial charge in [0.25, 0.3) is 0 Å². The number of phenolic OH excluding ortho intramolecular Hbond substituents is 1. The summed E-state index contributed by atoms with van der Waals surface area (Å²) in [5.74, 6) is 0.983. The van der Waals surface area contributed by atoms with Gasteiger partial charge in [-0.3, -0.25) is 5.32 Å². The molecule has 0 radical (unpaired) electrons. The van der Waals surface area contributed by atoms with Gasteiger partial charge < -0.3 is 9.84 Å². The lowest BCUT2D eigenvalue weighted by atomic mass is 9.78. The highest BCUT2D eigenvalue weighted by molar-refractivity contribution is 5.84. The Bertz CT molecular complexity index is 774. The molecule has 1 aliphatic rings. The molecule has 0 atom stereocenters. The number of hydrogen-bond acceptors (Lipinski definition) is 3. The summed E-state index contributed by atoms with van der Waals surface area (Å²) in [6.45, 7) is 6.50. The molecule has 0 heterocycles. The number of ether oxygens (including phenoxy) is 1. The van der Waals surface area contributed by atoms with Gasteiger partial charge in [0.05, 0.1) is 0 Å². The highest BCUT2D eigenvalue weighted by atomic mass is 16.6. The fraction of sp³-hybridized carbons (Fsp3) is 0.435. The molecule has 1 saturated carbocycles. The summed E-state index contributed by atoms with van der Waals surface area (Å²) in [5, 5.41) is 12.4. The molecule has 2 aromatic carbocycles. The first-order valence-corrected chi connectivity index (χ1v) is 9.72. The Labute approximate surface area is 161 Å². The average Bonchev–Trinajstić information content (AvgIpc) is 2.64. The van der Waals surface area contributed by atoms with Crippen molar-refractivity contribution in [3.8, 4) is 5.75 Å². The number of hydrogen-bond donors (Lipinski definition) is 2. The minimum Gasteiger partial charge on any atom is -0.508 e. The van der Waals surface area contributed by atoms with E-state index >= 15 is 0 Å². The molecule has 27 heavy (non-hydrogen) atoms. The SMILES string of the molecule is CC1CCC(OC(=O)Nc2cccc(C(C)(C)c3ccc(O)cc3)c2)CC1. The molecule has 4 nitrogen and oxygen atoms in total. The lowest BCUT2D eigenvalue weighted by Gasteiger charge is -2.27. The second-order valence-electron chi connectivity index (χ2n) is 8.16. The minimum atomic E-state index is -0.380. The summed E-state index contributed by atoms with van der Waals surface area (Å²) in [6, 6.07) is 15.1. The van der Waals surface area contributed by atoms with Crippen molar-refractivity contribution in [2.45, 2.75) is 58.0 Å². The predicted octanol–water partition coefficient (Wildman–Crippen LogP) is 5.85. The van der Waals surface area contributed by atoms with E-state index in [1.807, 2.05) is 36.4 Å². The number of phenols is 1. The van der Waals surface area contributed by atoms with Crippen molar-refractivity contribution in [2.24, 2.45) is 5.92 Å². The van der Waals surface area contributed by atoms with Gasteiger partial charge in [0.2, 0.25) is 0 Å². The van der Waals surface area contributed by atoms with Gasteiger partial charge in [0.1, 0.15) is 11.9 Å². The van der Waals surface area contributed by atoms with Crippen LogP contribution < -0.4 is 5.32 Å². The monoisotopic (exact) mass is 367 g/mol. The number of benzene rings is 2. The predicted molar refractivity (Wildman–Crippen MR) is 108 cm³/mol. The van der Waals surface area contributed by atoms with Gasteiger partial charge in [-0.15, -0.1) is 0 Å². The first-order chi connectivity index (χ1) is 12.8. The zero-order valence-electron chi connectivity index (χ0n) is 16.4. The maximum Gasteiger partial charge on any atom is 0.411 e. The molecule has 0 aliphatic heterocycles. The lowest BCUT2D eigenvalue weighted by Crippen LogP contribution is -2.26. The van der Waals surface area contributed by atoms with Crippen molar-refractivity contribution in [2.75, 3.05) is 5.32 Å². The molecule has 0 saturated heterocycles. The van der Waals surface area contributed by atoms with Gasteiger partial charge in [-0.25, -0.2) is 4.79 Å². The number of nitrogens with one attached hydrogen (secondary N) is 1. The van der Waals surface area contributed by atoms with E-state index in [1.54, 1.807) is 12.1 Å². The van der Waals surface area contributed by atoms with Crippen LogP contribution in [-0.2, 0) is 10.2 Å². The lowest BCUT2D eigenvalue weighted by molar-refractivity contribution is 0.0765. The Morgan fingerprint density at radius 2 is 1.70 bits per heavy atom. The van der Waals surface area contributed by atoms with Crippen LogP contribution >= 0.6 is 0 Å². The number of carbonyl (C=O) groups is 1. The van der Waals surface area contributed by atoms with Crippen LogP contribution in [0.15, 0.2) is 48.5 Å². The molecule has 1 amide bonds. The number of aromatic hydroxyl groups is 1. The normalized spacial score (nSPS) is 20.1. The van der Waals surface area contributed by atoms with Crippen molar-refractivity contribution in [3.05, 3.63) is 59.7 Å². The topological polar surface area (TPSA) is 58.6 Å². The Morgan fingerprint density at radius 3 is 2.37 bits per heavy atom. The summed E-state index contributed by atoms with van der Waals surface area (Å²) in [6.07, 6.45) is 3.78. The van der Waals surface area contributed by atoms with Crippen molar-refractivity contribution in [1.29, 1.82) is 0 Å². The molecule has 2 aromatic rings. The maximum absolute atomic E-state index is 12.3. The summed E-state index contributed by atoms with van der Waals surface area (Å²) >= 11 is 0. The summed E-state index contributed by atoms with van der Waals surface area (Å²) < 4.78 is 5.59. The Balaban J connectivity index is 1.68. The molecule has 1 aliphatic carbocycles. The van der Waals surface area contributed by atoms with E-state index < -0.39 is 0 Å². The largest absolute Gasteiger partial charge is 0.508 e. The number of anilines is 1. The van der Waals surface area contributed by atoms with Crippen LogP contribution in [0.5, 0.6) is 5.75 Å². The molecule has 1 fully saturated rings. The third kappa shape index (κ3) is 4.82. The van der Waals surface area contributed by atoms with Crippen molar-refractivity contribution >= 4 is 11.8 Å². The van der Waals surface area contributed by atoms with Crippen LogP contribution in [0, 0.1) is 5.92 Å². The van der Waals surface area contributed by atoms with Gasteiger partial charge >= 0.3 is 6.09 Å². The Hall–Kier alpha value is -2.49. The third-order valence-electron chi connectivity index (χ3n) is 5.66. The van der Waals surface area contributed by atoms with Crippen LogP contribution in [-0.4, -0.2) is 17.3 Å². The molecule has 0 aromatic heterocycles. The Morgan fingerprint density at radius 1 is 1.04 bits per heavy atom. The van der Waals surface area contributed by atoms with Crippen LogP contribution in [0.3, 0.4) is 0 Å². The van der Waals surface area contributed by atoms with Crippen molar-refractivity contribution in [3.63, 3.8) is 0 Å². The molecule has 0 bridgehead atoms. The van der Waals surface area contributed by atoms with Crippen molar-refractivity contribution in [1.82, 2.24) is 0 Å². The van der Waals surface area contributed by atoms with Crippen LogP contribution in [0.25, 0.3) is 0 Å². The zero-order chi connectivity index (χ0) is 19.4. The summed E-state index contributed by atoms with van der Waals surface area (Å²) in [5.41, 5.74) is 2.65. The number of carbonyl (C=O) groups excluding carboxylic acids is 1. The number of rotatable bonds is 4. The summed E-state index contributed by atoms with van der Waals surface area (Å²) in [7, 11) is 0. The molecule has 3 rings (SSSR count). The van der Waals surface area contributed by atoms with Crippen molar-refractivity contribution < 1.29 is 14.6 Å². The van der Waals surface area contributed by atoms with E-state index in [9.17, 15) is 9.90 Å². The quantitative estimate of drug-likeness (QED) is 0.713. The molecular formula is C23H29NO3. The average molecular weight is 367 g/mol. The van der Waals surface area contributed by atoms with Gasteiger partial charge in [-0.1, -0.05) is 45.0 Å². The summed E-state index contributed by atoms with van der Waals surface area (Å²) in [4.78, 5) is 12.3. The van der Waals surface area contributed by atoms with E-state index in [0.717, 1.165) is 48.4 Å². The van der Waals surface area contributed by atoms with E-state index in [4.69, 9.17) is 4.74 Å². The molecule has 2 N–H and O–H groups in total. The van der Waals surface area contributed by atoms with Crippen LogP contribution in [0.2, 0.25) is 0 Å². The van der Waals surface area contributed by atoms with E-state index in [1.165, 1.54) is 0 Å². The highest BCUT2D eigenvalue weighted by Gasteiger charge is 2.24. The van der Waals surface area contributed by atoms with Crippen LogP contribution in [0.4, 0.5) is 10.5 Å². The molecule has 4 heteroatoms. The molecule has 144 valence electrons. The zero-order valence-corrected chi connectivity index (χ0v) is 16.4. The van der Waals surface area contributed by atoms with E-state index in [-0.39, 0.29) is 23.4 Å². The second-order valence-corrected chi connectivity index (χ2v) is 8.16. The van der Waals surface area contributed by atoms with E-state index in [0.29, 0.717) is 0 Å².